The second-order valence-electron chi connectivity index (χ2n) is 6.03. The van der Waals surface area contributed by atoms with Gasteiger partial charge in [-0.1, -0.05) is 48.5 Å². The molecule has 3 aromatic carbocycles. The van der Waals surface area contributed by atoms with Crippen LogP contribution < -0.4 is 5.43 Å². The van der Waals surface area contributed by atoms with Crippen molar-refractivity contribution in [2.75, 3.05) is 0 Å². The number of nitrogens with one attached hydrogen (secondary N) is 2. The maximum absolute atomic E-state index is 13.0. The maximum Gasteiger partial charge on any atom is 0.271 e. The lowest BCUT2D eigenvalue weighted by molar-refractivity contribution is 0.0955. The standard InChI is InChI=1S/C22H16FN3O/c23-17-12-10-16(11-13-17)22(27)26-24-14-19-18-8-4-5-9-20(18)25-21(19)15-6-2-1-3-7-15/h1-14,25H,(H,26,27)/b24-14+. The number of halogens is 1. The number of aromatic nitrogens is 1. The molecule has 0 aliphatic carbocycles. The van der Waals surface area contributed by atoms with E-state index in [1.165, 1.54) is 24.3 Å². The molecule has 5 heteroatoms. The van der Waals surface area contributed by atoms with Crippen molar-refractivity contribution >= 4 is 23.0 Å². The third-order valence-electron chi connectivity index (χ3n) is 4.27. The lowest BCUT2D eigenvalue weighted by atomic mass is 10.1. The summed E-state index contributed by atoms with van der Waals surface area (Å²) in [5, 5.41) is 5.12. The van der Waals surface area contributed by atoms with Gasteiger partial charge >= 0.3 is 0 Å². The number of aromatic amines is 1. The molecule has 0 saturated carbocycles. The van der Waals surface area contributed by atoms with Crippen LogP contribution in [0.2, 0.25) is 0 Å². The van der Waals surface area contributed by atoms with Gasteiger partial charge in [-0.3, -0.25) is 4.79 Å². The summed E-state index contributed by atoms with van der Waals surface area (Å²) in [5.74, 6) is -0.784. The van der Waals surface area contributed by atoms with Gasteiger partial charge in [0.1, 0.15) is 5.82 Å². The smallest absolute Gasteiger partial charge is 0.271 e. The highest BCUT2D eigenvalue weighted by Gasteiger charge is 2.11. The number of amides is 1. The van der Waals surface area contributed by atoms with Crippen molar-refractivity contribution in [2.24, 2.45) is 5.10 Å². The first kappa shape index (κ1) is 16.7. The Kier molecular flexibility index (Phi) is 4.49. The fourth-order valence-corrected chi connectivity index (χ4v) is 2.95. The van der Waals surface area contributed by atoms with Gasteiger partial charge in [-0.15, -0.1) is 0 Å². The Labute approximate surface area is 155 Å². The summed E-state index contributed by atoms with van der Waals surface area (Å²) in [5.41, 5.74) is 6.67. The molecule has 0 saturated heterocycles. The van der Waals surface area contributed by atoms with Gasteiger partial charge in [0, 0.05) is 22.0 Å². The number of hydrogen-bond donors (Lipinski definition) is 2. The number of nitrogens with zero attached hydrogens (tertiary/aromatic N) is 1. The summed E-state index contributed by atoms with van der Waals surface area (Å²) < 4.78 is 13.0. The average molecular weight is 357 g/mol. The summed E-state index contributed by atoms with van der Waals surface area (Å²) >= 11 is 0. The van der Waals surface area contributed by atoms with Gasteiger partial charge in [0.2, 0.25) is 0 Å². The Morgan fingerprint density at radius 1 is 0.926 bits per heavy atom. The zero-order valence-corrected chi connectivity index (χ0v) is 14.3. The topological polar surface area (TPSA) is 57.2 Å². The van der Waals surface area contributed by atoms with Crippen molar-refractivity contribution < 1.29 is 9.18 Å². The zero-order chi connectivity index (χ0) is 18.6. The largest absolute Gasteiger partial charge is 0.354 e. The van der Waals surface area contributed by atoms with E-state index < -0.39 is 5.91 Å². The van der Waals surface area contributed by atoms with Gasteiger partial charge in [0.05, 0.1) is 11.9 Å². The van der Waals surface area contributed by atoms with E-state index in [-0.39, 0.29) is 5.82 Å². The second-order valence-corrected chi connectivity index (χ2v) is 6.03. The first-order valence-corrected chi connectivity index (χ1v) is 8.47. The highest BCUT2D eigenvalue weighted by molar-refractivity contribution is 6.06. The van der Waals surface area contributed by atoms with Gasteiger partial charge in [-0.25, -0.2) is 9.82 Å². The van der Waals surface area contributed by atoms with E-state index in [0.29, 0.717) is 5.56 Å². The molecule has 0 fully saturated rings. The Balaban J connectivity index is 1.65. The Morgan fingerprint density at radius 2 is 1.63 bits per heavy atom. The van der Waals surface area contributed by atoms with E-state index in [1.54, 1.807) is 6.21 Å². The summed E-state index contributed by atoms with van der Waals surface area (Å²) in [7, 11) is 0. The van der Waals surface area contributed by atoms with Gasteiger partial charge in [0.25, 0.3) is 5.91 Å². The normalized spacial score (nSPS) is 11.1. The lowest BCUT2D eigenvalue weighted by Crippen LogP contribution is -2.17. The molecule has 0 radical (unpaired) electrons. The maximum atomic E-state index is 13.0. The molecule has 1 aromatic heterocycles. The predicted molar refractivity (Wildman–Crippen MR) is 105 cm³/mol. The number of para-hydroxylation sites is 1. The minimum Gasteiger partial charge on any atom is -0.354 e. The molecule has 2 N–H and O–H groups in total. The summed E-state index contributed by atoms with van der Waals surface area (Å²) in [6, 6.07) is 23.2. The molecule has 0 spiro atoms. The molecular weight excluding hydrogens is 341 g/mol. The van der Waals surface area contributed by atoms with Crippen molar-refractivity contribution in [3.8, 4) is 11.3 Å². The van der Waals surface area contributed by atoms with Crippen LogP contribution in [0.4, 0.5) is 4.39 Å². The zero-order valence-electron chi connectivity index (χ0n) is 14.3. The van der Waals surface area contributed by atoms with E-state index >= 15 is 0 Å². The summed E-state index contributed by atoms with van der Waals surface area (Å²) in [4.78, 5) is 15.6. The van der Waals surface area contributed by atoms with Crippen molar-refractivity contribution in [1.82, 2.24) is 10.4 Å². The molecule has 27 heavy (non-hydrogen) atoms. The van der Waals surface area contributed by atoms with Gasteiger partial charge in [-0.2, -0.15) is 5.10 Å². The number of fused-ring (bicyclic) bond motifs is 1. The van der Waals surface area contributed by atoms with Crippen LogP contribution in [0.3, 0.4) is 0 Å². The van der Waals surface area contributed by atoms with Gasteiger partial charge in [0.15, 0.2) is 0 Å². The quantitative estimate of drug-likeness (QED) is 0.402. The Morgan fingerprint density at radius 3 is 2.41 bits per heavy atom. The van der Waals surface area contributed by atoms with Crippen LogP contribution in [0.1, 0.15) is 15.9 Å². The summed E-state index contributed by atoms with van der Waals surface area (Å²) in [6.07, 6.45) is 1.63. The third kappa shape index (κ3) is 3.48. The first-order chi connectivity index (χ1) is 13.2. The average Bonchev–Trinajstić information content (AvgIpc) is 3.08. The molecule has 0 aliphatic heterocycles. The predicted octanol–water partition coefficient (Wildman–Crippen LogP) is 4.74. The van der Waals surface area contributed by atoms with Crippen molar-refractivity contribution in [3.63, 3.8) is 0 Å². The highest BCUT2D eigenvalue weighted by atomic mass is 19.1. The van der Waals surface area contributed by atoms with Crippen LogP contribution in [0.5, 0.6) is 0 Å². The number of rotatable bonds is 4. The molecule has 4 nitrogen and oxygen atoms in total. The monoisotopic (exact) mass is 357 g/mol. The molecule has 0 aliphatic rings. The molecule has 0 bridgehead atoms. The molecule has 4 aromatic rings. The number of benzene rings is 3. The Hall–Kier alpha value is -3.73. The SMILES string of the molecule is O=C(N/N=C/c1c(-c2ccccc2)[nH]c2ccccc12)c1ccc(F)cc1. The number of carbonyl (C=O) groups is 1. The van der Waals surface area contributed by atoms with Crippen molar-refractivity contribution in [2.45, 2.75) is 0 Å². The highest BCUT2D eigenvalue weighted by Crippen LogP contribution is 2.28. The number of H-pyrrole nitrogens is 1. The molecule has 4 rings (SSSR count). The van der Waals surface area contributed by atoms with Crippen LogP contribution in [0, 0.1) is 5.82 Å². The molecule has 1 heterocycles. The number of hydrazone groups is 1. The minimum absolute atomic E-state index is 0.343. The fraction of sp³-hybridized carbons (Fsp3) is 0. The van der Waals surface area contributed by atoms with Crippen LogP contribution in [0.25, 0.3) is 22.2 Å². The van der Waals surface area contributed by atoms with Gasteiger partial charge in [-0.05, 0) is 35.9 Å². The van der Waals surface area contributed by atoms with Crippen LogP contribution in [-0.2, 0) is 0 Å². The van der Waals surface area contributed by atoms with E-state index in [4.69, 9.17) is 0 Å². The van der Waals surface area contributed by atoms with E-state index in [9.17, 15) is 9.18 Å². The molecule has 132 valence electrons. The minimum atomic E-state index is -0.396. The van der Waals surface area contributed by atoms with Crippen LogP contribution >= 0.6 is 0 Å². The molecule has 1 amide bonds. The fourth-order valence-electron chi connectivity index (χ4n) is 2.95. The van der Waals surface area contributed by atoms with Crippen molar-refractivity contribution in [3.05, 3.63) is 95.8 Å². The Bertz CT molecular complexity index is 1120. The molecule has 0 atom stereocenters. The van der Waals surface area contributed by atoms with E-state index in [0.717, 1.165) is 27.7 Å². The molecule has 0 unspecified atom stereocenters. The summed E-state index contributed by atoms with van der Waals surface area (Å²) in [6.45, 7) is 0. The van der Waals surface area contributed by atoms with Gasteiger partial charge < -0.3 is 4.98 Å². The van der Waals surface area contributed by atoms with Crippen molar-refractivity contribution in [1.29, 1.82) is 0 Å². The second kappa shape index (κ2) is 7.25. The molecular formula is C22H16FN3O. The van der Waals surface area contributed by atoms with E-state index in [1.807, 2.05) is 54.6 Å². The first-order valence-electron chi connectivity index (χ1n) is 8.47. The lowest BCUT2D eigenvalue weighted by Gasteiger charge is -2.02. The third-order valence-corrected chi connectivity index (χ3v) is 4.27. The number of carbonyl (C=O) groups excluding carboxylic acids is 1. The van der Waals surface area contributed by atoms with Crippen LogP contribution in [0.15, 0.2) is 84.0 Å². The van der Waals surface area contributed by atoms with Crippen LogP contribution in [-0.4, -0.2) is 17.1 Å². The number of hydrogen-bond acceptors (Lipinski definition) is 2. The van der Waals surface area contributed by atoms with E-state index in [2.05, 4.69) is 15.5 Å².